The number of guanidine groups is 1. The van der Waals surface area contributed by atoms with E-state index < -0.39 is 0 Å². The lowest BCUT2D eigenvalue weighted by Crippen LogP contribution is -2.36. The maximum absolute atomic E-state index is 5.73. The van der Waals surface area contributed by atoms with Crippen molar-refractivity contribution < 1.29 is 9.47 Å². The summed E-state index contributed by atoms with van der Waals surface area (Å²) in [5.74, 6) is 2.50. The molecule has 0 saturated heterocycles. The highest BCUT2D eigenvalue weighted by atomic mass is 16.5. The molecule has 0 fully saturated rings. The summed E-state index contributed by atoms with van der Waals surface area (Å²) in [7, 11) is 3.43. The average Bonchev–Trinajstić information content (AvgIpc) is 2.62. The highest BCUT2D eigenvalue weighted by Crippen LogP contribution is 2.15. The van der Waals surface area contributed by atoms with Crippen molar-refractivity contribution in [1.29, 1.82) is 0 Å². The quantitative estimate of drug-likeness (QED) is 0.599. The third kappa shape index (κ3) is 6.37. The van der Waals surface area contributed by atoms with E-state index in [1.165, 1.54) is 0 Å². The van der Waals surface area contributed by atoms with Gasteiger partial charge in [0.15, 0.2) is 5.96 Å². The fourth-order valence-corrected chi connectivity index (χ4v) is 2.34. The van der Waals surface area contributed by atoms with Crippen LogP contribution in [-0.4, -0.2) is 26.2 Å². The van der Waals surface area contributed by atoms with Crippen molar-refractivity contribution in [3.63, 3.8) is 0 Å². The van der Waals surface area contributed by atoms with Gasteiger partial charge in [-0.05, 0) is 49.2 Å². The number of methoxy groups -OCH3 is 1. The van der Waals surface area contributed by atoms with Gasteiger partial charge in [0.1, 0.15) is 11.5 Å². The Morgan fingerprint density at radius 2 is 1.64 bits per heavy atom. The van der Waals surface area contributed by atoms with Gasteiger partial charge < -0.3 is 20.1 Å². The third-order valence-electron chi connectivity index (χ3n) is 3.57. The van der Waals surface area contributed by atoms with E-state index in [0.717, 1.165) is 28.6 Å². The van der Waals surface area contributed by atoms with Crippen molar-refractivity contribution >= 4 is 5.96 Å². The molecule has 0 saturated carbocycles. The molecule has 0 bridgehead atoms. The van der Waals surface area contributed by atoms with E-state index in [0.29, 0.717) is 13.1 Å². The maximum atomic E-state index is 5.73. The van der Waals surface area contributed by atoms with Crippen molar-refractivity contribution in [2.24, 2.45) is 4.99 Å². The molecule has 0 spiro atoms. The predicted octanol–water partition coefficient (Wildman–Crippen LogP) is 3.35. The normalized spacial score (nSPS) is 11.3. The van der Waals surface area contributed by atoms with Crippen LogP contribution >= 0.6 is 0 Å². The summed E-state index contributed by atoms with van der Waals surface area (Å²) in [5, 5.41) is 6.62. The minimum Gasteiger partial charge on any atom is -0.497 e. The molecule has 0 heterocycles. The molecule has 0 aliphatic carbocycles. The van der Waals surface area contributed by atoms with Gasteiger partial charge >= 0.3 is 0 Å². The molecule has 0 radical (unpaired) electrons. The fraction of sp³-hybridized carbons (Fsp3) is 0.350. The van der Waals surface area contributed by atoms with Crippen LogP contribution < -0.4 is 20.1 Å². The van der Waals surface area contributed by atoms with Gasteiger partial charge in [0, 0.05) is 20.1 Å². The zero-order valence-corrected chi connectivity index (χ0v) is 15.4. The van der Waals surface area contributed by atoms with Gasteiger partial charge in [0.25, 0.3) is 0 Å². The smallest absolute Gasteiger partial charge is 0.191 e. The fourth-order valence-electron chi connectivity index (χ4n) is 2.34. The molecule has 0 unspecified atom stereocenters. The van der Waals surface area contributed by atoms with Gasteiger partial charge in [-0.2, -0.15) is 0 Å². The zero-order valence-electron chi connectivity index (χ0n) is 15.4. The van der Waals surface area contributed by atoms with Crippen LogP contribution in [0, 0.1) is 0 Å². The lowest BCUT2D eigenvalue weighted by atomic mass is 10.2. The molecule has 0 aliphatic rings. The molecule has 25 heavy (non-hydrogen) atoms. The Hall–Kier alpha value is -2.69. The SMILES string of the molecule is CN=C(NCc1ccc(OC)cc1)NCc1cccc(OC(C)C)c1. The van der Waals surface area contributed by atoms with Crippen molar-refractivity contribution in [3.05, 3.63) is 59.7 Å². The van der Waals surface area contributed by atoms with E-state index in [-0.39, 0.29) is 6.10 Å². The van der Waals surface area contributed by atoms with E-state index in [1.54, 1.807) is 14.2 Å². The van der Waals surface area contributed by atoms with E-state index in [1.807, 2.05) is 56.3 Å². The Labute approximate surface area is 150 Å². The molecular weight excluding hydrogens is 314 g/mol. The summed E-state index contributed by atoms with van der Waals surface area (Å²) in [6.45, 7) is 5.42. The van der Waals surface area contributed by atoms with Crippen LogP contribution in [0.1, 0.15) is 25.0 Å². The number of benzene rings is 2. The van der Waals surface area contributed by atoms with Gasteiger partial charge in [0.2, 0.25) is 0 Å². The van der Waals surface area contributed by atoms with Crippen LogP contribution in [-0.2, 0) is 13.1 Å². The molecule has 2 aromatic carbocycles. The van der Waals surface area contributed by atoms with Gasteiger partial charge in [0.05, 0.1) is 13.2 Å². The summed E-state index contributed by atoms with van der Waals surface area (Å²) in [5.41, 5.74) is 2.31. The molecule has 0 amide bonds. The van der Waals surface area contributed by atoms with Crippen molar-refractivity contribution in [2.75, 3.05) is 14.2 Å². The molecule has 134 valence electrons. The van der Waals surface area contributed by atoms with Crippen LogP contribution in [0.5, 0.6) is 11.5 Å². The van der Waals surface area contributed by atoms with Crippen LogP contribution in [0.25, 0.3) is 0 Å². The lowest BCUT2D eigenvalue weighted by molar-refractivity contribution is 0.242. The molecule has 0 atom stereocenters. The highest BCUT2D eigenvalue weighted by Gasteiger charge is 2.02. The Bertz CT molecular complexity index is 682. The Kier molecular flexibility index (Phi) is 7.14. The summed E-state index contributed by atoms with van der Waals surface area (Å²) >= 11 is 0. The minimum atomic E-state index is 0.169. The number of hydrogen-bond acceptors (Lipinski definition) is 3. The van der Waals surface area contributed by atoms with Crippen molar-refractivity contribution in [3.8, 4) is 11.5 Å². The van der Waals surface area contributed by atoms with Gasteiger partial charge in [-0.3, -0.25) is 4.99 Å². The zero-order chi connectivity index (χ0) is 18.1. The van der Waals surface area contributed by atoms with Crippen LogP contribution in [0.3, 0.4) is 0 Å². The largest absolute Gasteiger partial charge is 0.497 e. The standard InChI is InChI=1S/C20H27N3O2/c1-15(2)25-19-7-5-6-17(12-19)14-23-20(21-3)22-13-16-8-10-18(24-4)11-9-16/h5-12,15H,13-14H2,1-4H3,(H2,21,22,23). The number of hydrogen-bond donors (Lipinski definition) is 2. The summed E-state index contributed by atoms with van der Waals surface area (Å²) in [4.78, 5) is 4.26. The third-order valence-corrected chi connectivity index (χ3v) is 3.57. The Morgan fingerprint density at radius 1 is 0.960 bits per heavy atom. The van der Waals surface area contributed by atoms with E-state index in [2.05, 4.69) is 21.7 Å². The molecule has 2 rings (SSSR count). The van der Waals surface area contributed by atoms with E-state index in [4.69, 9.17) is 9.47 Å². The van der Waals surface area contributed by atoms with Crippen molar-refractivity contribution in [2.45, 2.75) is 33.0 Å². The number of aliphatic imine (C=N–C) groups is 1. The predicted molar refractivity (Wildman–Crippen MR) is 102 cm³/mol. The second-order valence-corrected chi connectivity index (χ2v) is 5.94. The molecule has 2 N–H and O–H groups in total. The number of nitrogens with zero attached hydrogens (tertiary/aromatic N) is 1. The minimum absolute atomic E-state index is 0.169. The molecule has 2 aromatic rings. The van der Waals surface area contributed by atoms with Crippen molar-refractivity contribution in [1.82, 2.24) is 10.6 Å². The molecule has 0 aliphatic heterocycles. The van der Waals surface area contributed by atoms with Crippen LogP contribution in [0.4, 0.5) is 0 Å². The summed E-state index contributed by atoms with van der Waals surface area (Å²) in [6, 6.07) is 16.1. The molecule has 5 heteroatoms. The second-order valence-electron chi connectivity index (χ2n) is 5.94. The first-order valence-electron chi connectivity index (χ1n) is 8.43. The summed E-state index contributed by atoms with van der Waals surface area (Å²) < 4.78 is 10.9. The monoisotopic (exact) mass is 341 g/mol. The van der Waals surface area contributed by atoms with Gasteiger partial charge in [-0.15, -0.1) is 0 Å². The first-order chi connectivity index (χ1) is 12.1. The van der Waals surface area contributed by atoms with Gasteiger partial charge in [-0.25, -0.2) is 0 Å². The van der Waals surface area contributed by atoms with E-state index >= 15 is 0 Å². The maximum Gasteiger partial charge on any atom is 0.191 e. The Morgan fingerprint density at radius 3 is 2.24 bits per heavy atom. The molecular formula is C20H27N3O2. The lowest BCUT2D eigenvalue weighted by Gasteiger charge is -2.14. The molecule has 5 nitrogen and oxygen atoms in total. The van der Waals surface area contributed by atoms with Gasteiger partial charge in [-0.1, -0.05) is 24.3 Å². The molecule has 0 aromatic heterocycles. The number of ether oxygens (including phenoxy) is 2. The second kappa shape index (κ2) is 9.57. The first kappa shape index (κ1) is 18.6. The van der Waals surface area contributed by atoms with Crippen LogP contribution in [0.15, 0.2) is 53.5 Å². The Balaban J connectivity index is 1.85. The number of rotatable bonds is 7. The average molecular weight is 341 g/mol. The van der Waals surface area contributed by atoms with E-state index in [9.17, 15) is 0 Å². The first-order valence-corrected chi connectivity index (χ1v) is 8.43. The highest BCUT2D eigenvalue weighted by molar-refractivity contribution is 5.79. The number of nitrogens with one attached hydrogen (secondary N) is 2. The topological polar surface area (TPSA) is 54.9 Å². The van der Waals surface area contributed by atoms with Crippen LogP contribution in [0.2, 0.25) is 0 Å². The summed E-state index contributed by atoms with van der Waals surface area (Å²) in [6.07, 6.45) is 0.169.